The quantitative estimate of drug-likeness (QED) is 0.305. The molecule has 0 N–H and O–H groups in total. The third kappa shape index (κ3) is 7.25. The lowest BCUT2D eigenvalue weighted by Crippen LogP contribution is -2.08. The van der Waals surface area contributed by atoms with Crippen LogP contribution in [0.1, 0.15) is 58.3 Å². The third-order valence-electron chi connectivity index (χ3n) is 4.26. The van der Waals surface area contributed by atoms with Crippen molar-refractivity contribution in [3.63, 3.8) is 0 Å². The Kier molecular flexibility index (Phi) is 10.7. The Bertz CT molecular complexity index is 723. The monoisotopic (exact) mass is 372 g/mol. The summed E-state index contributed by atoms with van der Waals surface area (Å²) >= 11 is 0. The zero-order chi connectivity index (χ0) is 17.3. The number of hydrogen-bond acceptors (Lipinski definition) is 3. The van der Waals surface area contributed by atoms with Gasteiger partial charge in [0.05, 0.1) is 6.61 Å². The highest BCUT2D eigenvalue weighted by Crippen LogP contribution is 2.24. The van der Waals surface area contributed by atoms with Crippen LogP contribution in [0.15, 0.2) is 47.4 Å². The smallest absolute Gasteiger partial charge is 0.266 e. The average Bonchev–Trinajstić information content (AvgIpc) is 2.59. The van der Waals surface area contributed by atoms with Gasteiger partial charge in [-0.1, -0.05) is 88.3 Å². The van der Waals surface area contributed by atoms with Crippen molar-refractivity contribution < 1.29 is 12.6 Å². The number of rotatable bonds is 11. The van der Waals surface area contributed by atoms with E-state index in [0.29, 0.717) is 0 Å². The van der Waals surface area contributed by atoms with Gasteiger partial charge in [0.15, 0.2) is 0 Å². The zero-order valence-corrected chi connectivity index (χ0v) is 17.5. The molecule has 2 radical (unpaired) electrons. The molecule has 2 rings (SSSR count). The van der Waals surface area contributed by atoms with Crippen LogP contribution in [0, 0.1) is 0 Å². The topological polar surface area (TPSA) is 43.4 Å². The largest absolute Gasteiger partial charge is 0.297 e. The molecule has 0 amide bonds. The Hall–Kier alpha value is -0.624. The summed E-state index contributed by atoms with van der Waals surface area (Å²) in [6.45, 7) is 2.48. The lowest BCUT2D eigenvalue weighted by Gasteiger charge is -2.08. The second kappa shape index (κ2) is 11.9. The molecule has 3 nitrogen and oxygen atoms in total. The van der Waals surface area contributed by atoms with Gasteiger partial charge in [0.1, 0.15) is 4.90 Å². The fourth-order valence-corrected chi connectivity index (χ4v) is 4.05. The minimum absolute atomic E-state index is 0. The summed E-state index contributed by atoms with van der Waals surface area (Å²) in [6, 6.07) is 12.8. The Morgan fingerprint density at radius 3 is 2.12 bits per heavy atom. The molecular formula is C20H28MgO3S. The van der Waals surface area contributed by atoms with E-state index in [4.69, 9.17) is 4.18 Å². The number of hydrogen-bond donors (Lipinski definition) is 0. The highest BCUT2D eigenvalue weighted by Gasteiger charge is 2.17. The molecule has 0 spiro atoms. The van der Waals surface area contributed by atoms with E-state index >= 15 is 0 Å². The summed E-state index contributed by atoms with van der Waals surface area (Å²) in [6.07, 6.45) is 9.37. The first-order valence-electron chi connectivity index (χ1n) is 9.02. The summed E-state index contributed by atoms with van der Waals surface area (Å²) in [5.74, 6) is 0. The van der Waals surface area contributed by atoms with Crippen molar-refractivity contribution in [2.75, 3.05) is 6.61 Å². The predicted molar refractivity (Wildman–Crippen MR) is 105 cm³/mol. The van der Waals surface area contributed by atoms with Crippen LogP contribution >= 0.6 is 0 Å². The molecule has 0 heterocycles. The Morgan fingerprint density at radius 2 is 1.40 bits per heavy atom. The van der Waals surface area contributed by atoms with Gasteiger partial charge in [0.2, 0.25) is 0 Å². The first-order valence-corrected chi connectivity index (χ1v) is 10.4. The highest BCUT2D eigenvalue weighted by molar-refractivity contribution is 7.87. The van der Waals surface area contributed by atoms with E-state index in [2.05, 4.69) is 6.92 Å². The highest BCUT2D eigenvalue weighted by atomic mass is 32.2. The van der Waals surface area contributed by atoms with E-state index in [1.807, 2.05) is 30.3 Å². The average molecular weight is 373 g/mol. The van der Waals surface area contributed by atoms with Gasteiger partial charge < -0.3 is 0 Å². The van der Waals surface area contributed by atoms with Crippen LogP contribution in [0.25, 0.3) is 10.8 Å². The molecule has 134 valence electrons. The van der Waals surface area contributed by atoms with Crippen LogP contribution in [0.2, 0.25) is 0 Å². The molecule has 0 saturated heterocycles. The van der Waals surface area contributed by atoms with Crippen molar-refractivity contribution in [3.05, 3.63) is 42.5 Å². The number of unbranched alkanes of at least 4 members (excludes halogenated alkanes) is 7. The lowest BCUT2D eigenvalue weighted by molar-refractivity contribution is 0.306. The van der Waals surface area contributed by atoms with E-state index in [-0.39, 0.29) is 34.6 Å². The lowest BCUT2D eigenvalue weighted by atomic mass is 10.1. The number of benzene rings is 2. The van der Waals surface area contributed by atoms with Crippen molar-refractivity contribution >= 4 is 43.9 Å². The molecule has 0 aliphatic heterocycles. The zero-order valence-electron chi connectivity index (χ0n) is 15.2. The van der Waals surface area contributed by atoms with Crippen LogP contribution in [-0.2, 0) is 14.3 Å². The molecule has 0 bridgehead atoms. The maximum atomic E-state index is 12.4. The molecule has 0 saturated carbocycles. The van der Waals surface area contributed by atoms with Gasteiger partial charge >= 0.3 is 0 Å². The van der Waals surface area contributed by atoms with E-state index in [1.165, 1.54) is 32.1 Å². The van der Waals surface area contributed by atoms with E-state index < -0.39 is 10.1 Å². The van der Waals surface area contributed by atoms with E-state index in [1.54, 1.807) is 12.1 Å². The van der Waals surface area contributed by atoms with Crippen LogP contribution in [0.3, 0.4) is 0 Å². The maximum Gasteiger partial charge on any atom is 0.297 e. The van der Waals surface area contributed by atoms with Crippen LogP contribution in [-0.4, -0.2) is 38.1 Å². The minimum Gasteiger partial charge on any atom is -0.266 e. The first-order chi connectivity index (χ1) is 11.6. The second-order valence-corrected chi connectivity index (χ2v) is 7.81. The maximum absolute atomic E-state index is 12.4. The standard InChI is InChI=1S/C20H28O3S.Mg/c1-2-3-4-5-6-7-8-11-17-23-24(21,22)20-16-12-14-18-13-9-10-15-19(18)20;/h9-10,12-16H,2-8,11,17H2,1H3;. The molecular weight excluding hydrogens is 345 g/mol. The van der Waals surface area contributed by atoms with Gasteiger partial charge in [0, 0.05) is 28.4 Å². The molecule has 25 heavy (non-hydrogen) atoms. The van der Waals surface area contributed by atoms with Crippen molar-refractivity contribution in [2.45, 2.75) is 63.2 Å². The van der Waals surface area contributed by atoms with E-state index in [0.717, 1.165) is 30.0 Å². The molecule has 2 aromatic carbocycles. The summed E-state index contributed by atoms with van der Waals surface area (Å²) in [4.78, 5) is 0.264. The third-order valence-corrected chi connectivity index (χ3v) is 5.63. The van der Waals surface area contributed by atoms with Gasteiger partial charge in [-0.05, 0) is 17.9 Å². The van der Waals surface area contributed by atoms with Crippen molar-refractivity contribution in [1.29, 1.82) is 0 Å². The fraction of sp³-hybridized carbons (Fsp3) is 0.500. The molecule has 0 atom stereocenters. The fourth-order valence-electron chi connectivity index (χ4n) is 2.88. The molecule has 5 heteroatoms. The van der Waals surface area contributed by atoms with Crippen LogP contribution in [0.4, 0.5) is 0 Å². The second-order valence-electron chi connectivity index (χ2n) is 6.23. The summed E-state index contributed by atoms with van der Waals surface area (Å²) in [5.41, 5.74) is 0. The van der Waals surface area contributed by atoms with Crippen molar-refractivity contribution in [1.82, 2.24) is 0 Å². The van der Waals surface area contributed by atoms with Crippen molar-refractivity contribution in [2.24, 2.45) is 0 Å². The molecule has 0 fully saturated rings. The Labute approximate surface area is 168 Å². The van der Waals surface area contributed by atoms with Gasteiger partial charge in [-0.2, -0.15) is 8.42 Å². The minimum atomic E-state index is -3.69. The molecule has 2 aromatic rings. The van der Waals surface area contributed by atoms with Gasteiger partial charge in [-0.3, -0.25) is 4.18 Å². The molecule has 0 unspecified atom stereocenters. The Morgan fingerprint density at radius 1 is 0.800 bits per heavy atom. The van der Waals surface area contributed by atoms with Gasteiger partial charge in [-0.25, -0.2) is 0 Å². The molecule has 0 aliphatic carbocycles. The van der Waals surface area contributed by atoms with Crippen molar-refractivity contribution in [3.8, 4) is 0 Å². The van der Waals surface area contributed by atoms with Gasteiger partial charge in [-0.15, -0.1) is 0 Å². The van der Waals surface area contributed by atoms with Crippen LogP contribution in [0.5, 0.6) is 0 Å². The molecule has 0 aromatic heterocycles. The summed E-state index contributed by atoms with van der Waals surface area (Å²) in [5, 5.41) is 1.63. The van der Waals surface area contributed by atoms with Gasteiger partial charge in [0.25, 0.3) is 10.1 Å². The number of fused-ring (bicyclic) bond motifs is 1. The van der Waals surface area contributed by atoms with E-state index in [9.17, 15) is 8.42 Å². The summed E-state index contributed by atoms with van der Waals surface area (Å²) in [7, 11) is -3.69. The van der Waals surface area contributed by atoms with Crippen LogP contribution < -0.4 is 0 Å². The summed E-state index contributed by atoms with van der Waals surface area (Å²) < 4.78 is 30.1. The SMILES string of the molecule is CCCCCCCCCCOS(=O)(=O)c1cccc2ccccc12.[Mg]. The first kappa shape index (κ1) is 22.4. The molecule has 0 aliphatic rings. The normalized spacial score (nSPS) is 11.4. The Balaban J connectivity index is 0.00000312. The predicted octanol–water partition coefficient (Wildman–Crippen LogP) is 5.31.